The van der Waals surface area contributed by atoms with Crippen LogP contribution in [0.1, 0.15) is 20.3 Å². The normalized spacial score (nSPS) is 12.7. The van der Waals surface area contributed by atoms with Crippen molar-refractivity contribution in [2.24, 2.45) is 5.92 Å². The predicted octanol–water partition coefficient (Wildman–Crippen LogP) is 1.77. The molecule has 0 aromatic rings. The Labute approximate surface area is 67.4 Å². The number of rotatable bonds is 4. The van der Waals surface area contributed by atoms with Crippen molar-refractivity contribution in [2.75, 3.05) is 12.4 Å². The van der Waals surface area contributed by atoms with E-state index in [0.29, 0.717) is 12.4 Å². The summed E-state index contributed by atoms with van der Waals surface area (Å²) in [6.45, 7) is 4.19. The molecule has 3 heteroatoms. The van der Waals surface area contributed by atoms with Crippen LogP contribution in [0.15, 0.2) is 0 Å². The summed E-state index contributed by atoms with van der Waals surface area (Å²) < 4.78 is 4.78. The Bertz CT molecular complexity index is 99.8. The van der Waals surface area contributed by atoms with Gasteiger partial charge in [0.15, 0.2) is 0 Å². The van der Waals surface area contributed by atoms with Crippen molar-refractivity contribution >= 4 is 18.6 Å². The van der Waals surface area contributed by atoms with Crippen LogP contribution in [0.2, 0.25) is 0 Å². The Morgan fingerprint density at radius 3 is 2.50 bits per heavy atom. The minimum absolute atomic E-state index is 0.0741. The highest BCUT2D eigenvalue weighted by molar-refractivity contribution is 7.80. The molecular formula is C7H13O2S. The lowest BCUT2D eigenvalue weighted by atomic mass is 10.1. The zero-order valence-electron chi connectivity index (χ0n) is 6.42. The number of esters is 1. The maximum atomic E-state index is 10.9. The highest BCUT2D eigenvalue weighted by Gasteiger charge is 2.14. The van der Waals surface area contributed by atoms with Crippen LogP contribution in [0.5, 0.6) is 0 Å². The first-order valence-corrected chi connectivity index (χ1v) is 4.08. The lowest BCUT2D eigenvalue weighted by molar-refractivity contribution is -0.147. The van der Waals surface area contributed by atoms with Gasteiger partial charge < -0.3 is 4.74 Å². The molecule has 0 spiro atoms. The average Bonchev–Trinajstić information content (AvgIpc) is 1.91. The number of carbonyl (C=O) groups excluding carboxylic acids is 1. The minimum Gasteiger partial charge on any atom is -0.466 e. The second-order valence-corrected chi connectivity index (χ2v) is 2.36. The second kappa shape index (κ2) is 5.59. The number of hydrogen-bond acceptors (Lipinski definition) is 2. The van der Waals surface area contributed by atoms with E-state index in [4.69, 9.17) is 17.4 Å². The zero-order valence-corrected chi connectivity index (χ0v) is 7.24. The summed E-state index contributed by atoms with van der Waals surface area (Å²) in [7, 11) is 0. The second-order valence-electron chi connectivity index (χ2n) is 2.02. The Morgan fingerprint density at radius 2 is 2.20 bits per heavy atom. The van der Waals surface area contributed by atoms with Gasteiger partial charge in [-0.25, -0.2) is 0 Å². The van der Waals surface area contributed by atoms with Crippen molar-refractivity contribution in [3.8, 4) is 0 Å². The first-order valence-electron chi connectivity index (χ1n) is 3.50. The SMILES string of the molecule is CCOC(=O)C(CC)C[S]. The molecule has 0 aliphatic heterocycles. The lowest BCUT2D eigenvalue weighted by Gasteiger charge is -2.08. The molecule has 1 unspecified atom stereocenters. The Hall–Kier alpha value is -0.180. The molecule has 1 radical (unpaired) electrons. The zero-order chi connectivity index (χ0) is 7.98. The largest absolute Gasteiger partial charge is 0.466 e. The highest BCUT2D eigenvalue weighted by atomic mass is 32.1. The van der Waals surface area contributed by atoms with Crippen LogP contribution in [0.3, 0.4) is 0 Å². The summed E-state index contributed by atoms with van der Waals surface area (Å²) in [5.74, 6) is 0.241. The van der Waals surface area contributed by atoms with Gasteiger partial charge in [-0.05, 0) is 13.3 Å². The monoisotopic (exact) mass is 161 g/mol. The maximum Gasteiger partial charge on any atom is 0.309 e. The van der Waals surface area contributed by atoms with Crippen molar-refractivity contribution < 1.29 is 9.53 Å². The van der Waals surface area contributed by atoms with E-state index in [1.807, 2.05) is 6.92 Å². The molecule has 0 bridgehead atoms. The molecule has 2 nitrogen and oxygen atoms in total. The molecule has 0 rings (SSSR count). The molecule has 0 saturated heterocycles. The van der Waals surface area contributed by atoms with Gasteiger partial charge in [-0.3, -0.25) is 4.79 Å². The molecule has 0 aromatic heterocycles. The van der Waals surface area contributed by atoms with E-state index in [1.165, 1.54) is 0 Å². The predicted molar refractivity (Wildman–Crippen MR) is 42.9 cm³/mol. The Morgan fingerprint density at radius 1 is 1.60 bits per heavy atom. The van der Waals surface area contributed by atoms with Gasteiger partial charge in [-0.1, -0.05) is 19.6 Å². The van der Waals surface area contributed by atoms with Gasteiger partial charge in [-0.15, -0.1) is 0 Å². The van der Waals surface area contributed by atoms with E-state index in [9.17, 15) is 4.79 Å². The number of carbonyl (C=O) groups is 1. The maximum absolute atomic E-state index is 10.9. The van der Waals surface area contributed by atoms with E-state index in [0.717, 1.165) is 6.42 Å². The van der Waals surface area contributed by atoms with Crippen LogP contribution in [0.25, 0.3) is 0 Å². The quantitative estimate of drug-likeness (QED) is 0.587. The van der Waals surface area contributed by atoms with Crippen LogP contribution in [-0.4, -0.2) is 18.3 Å². The first-order chi connectivity index (χ1) is 4.76. The fourth-order valence-electron chi connectivity index (χ4n) is 0.613. The average molecular weight is 161 g/mol. The minimum atomic E-state index is -0.153. The molecule has 0 saturated carbocycles. The van der Waals surface area contributed by atoms with Gasteiger partial charge in [0.25, 0.3) is 0 Å². The summed E-state index contributed by atoms with van der Waals surface area (Å²) in [5, 5.41) is 0. The molecule has 0 heterocycles. The van der Waals surface area contributed by atoms with Gasteiger partial charge in [0.1, 0.15) is 0 Å². The van der Waals surface area contributed by atoms with Crippen LogP contribution in [0.4, 0.5) is 0 Å². The summed E-state index contributed by atoms with van der Waals surface area (Å²) >= 11 is 4.76. The molecule has 0 aliphatic rings. The third-order valence-corrected chi connectivity index (χ3v) is 1.72. The molecule has 1 atom stereocenters. The van der Waals surface area contributed by atoms with Crippen LogP contribution in [0, 0.1) is 5.92 Å². The van der Waals surface area contributed by atoms with Crippen molar-refractivity contribution in [1.82, 2.24) is 0 Å². The number of hydrogen-bond donors (Lipinski definition) is 0. The molecule has 0 aromatic carbocycles. The Kier molecular flexibility index (Phi) is 5.49. The molecule has 59 valence electrons. The van der Waals surface area contributed by atoms with Crippen LogP contribution >= 0.6 is 12.6 Å². The molecule has 0 aliphatic carbocycles. The molecular weight excluding hydrogens is 148 g/mol. The molecule has 0 fully saturated rings. The van der Waals surface area contributed by atoms with E-state index >= 15 is 0 Å². The fourth-order valence-corrected chi connectivity index (χ4v) is 0.984. The van der Waals surface area contributed by atoms with E-state index in [1.54, 1.807) is 6.92 Å². The van der Waals surface area contributed by atoms with Crippen LogP contribution < -0.4 is 0 Å². The standard InChI is InChI=1S/C7H13O2S/c1-3-6(5-10)7(8)9-4-2/h6H,3-5H2,1-2H3. The summed E-state index contributed by atoms with van der Waals surface area (Å²) in [6, 6.07) is 0. The third kappa shape index (κ3) is 3.11. The van der Waals surface area contributed by atoms with E-state index in [2.05, 4.69) is 0 Å². The van der Waals surface area contributed by atoms with E-state index in [-0.39, 0.29) is 11.9 Å². The molecule has 0 N–H and O–H groups in total. The van der Waals surface area contributed by atoms with Crippen molar-refractivity contribution in [2.45, 2.75) is 20.3 Å². The smallest absolute Gasteiger partial charge is 0.309 e. The summed E-state index contributed by atoms with van der Waals surface area (Å²) in [6.07, 6.45) is 0.780. The molecule has 10 heavy (non-hydrogen) atoms. The van der Waals surface area contributed by atoms with Gasteiger partial charge in [-0.2, -0.15) is 0 Å². The number of ether oxygens (including phenoxy) is 1. The van der Waals surface area contributed by atoms with Crippen molar-refractivity contribution in [3.05, 3.63) is 0 Å². The van der Waals surface area contributed by atoms with Crippen LogP contribution in [-0.2, 0) is 9.53 Å². The molecule has 0 amide bonds. The van der Waals surface area contributed by atoms with E-state index < -0.39 is 0 Å². The lowest BCUT2D eigenvalue weighted by Crippen LogP contribution is -2.18. The van der Waals surface area contributed by atoms with Gasteiger partial charge >= 0.3 is 5.97 Å². The topological polar surface area (TPSA) is 26.3 Å². The highest BCUT2D eigenvalue weighted by Crippen LogP contribution is 2.06. The van der Waals surface area contributed by atoms with Gasteiger partial charge in [0.2, 0.25) is 0 Å². The third-order valence-electron chi connectivity index (χ3n) is 1.31. The van der Waals surface area contributed by atoms with Crippen molar-refractivity contribution in [1.29, 1.82) is 0 Å². The summed E-state index contributed by atoms with van der Waals surface area (Å²) in [4.78, 5) is 10.9. The van der Waals surface area contributed by atoms with Crippen molar-refractivity contribution in [3.63, 3.8) is 0 Å². The summed E-state index contributed by atoms with van der Waals surface area (Å²) in [5.41, 5.74) is 0. The first kappa shape index (κ1) is 9.82. The van der Waals surface area contributed by atoms with Gasteiger partial charge in [0.05, 0.1) is 12.5 Å². The fraction of sp³-hybridized carbons (Fsp3) is 0.857. The van der Waals surface area contributed by atoms with Gasteiger partial charge in [0, 0.05) is 5.75 Å². The Balaban J connectivity index is 3.65.